The first kappa shape index (κ1) is 27.2. The van der Waals surface area contributed by atoms with Gasteiger partial charge in [-0.25, -0.2) is 9.09 Å². The Morgan fingerprint density at radius 3 is 1.56 bits per heavy atom. The molecule has 0 bridgehead atoms. The minimum atomic E-state index is -4.51. The molecule has 1 aliphatic rings. The number of para-hydroxylation sites is 2. The summed E-state index contributed by atoms with van der Waals surface area (Å²) in [5.41, 5.74) is 0. The predicted molar refractivity (Wildman–Crippen MR) is 124 cm³/mol. The van der Waals surface area contributed by atoms with Gasteiger partial charge in [0.05, 0.1) is 6.10 Å². The van der Waals surface area contributed by atoms with Crippen molar-refractivity contribution in [2.45, 2.75) is 58.4 Å². The topological polar surface area (TPSA) is 133 Å². The molecule has 1 heterocycles. The van der Waals surface area contributed by atoms with E-state index in [1.165, 1.54) is 31.2 Å². The van der Waals surface area contributed by atoms with Crippen LogP contribution in [-0.2, 0) is 42.4 Å². The molecule has 1 aliphatic heterocycles. The number of carbonyl (C=O) groups is 3. The van der Waals surface area contributed by atoms with E-state index in [2.05, 4.69) is 0 Å². The summed E-state index contributed by atoms with van der Waals surface area (Å²) in [5.74, 6) is -1.88. The van der Waals surface area contributed by atoms with Crippen LogP contribution in [0.15, 0.2) is 60.7 Å². The SMILES string of the molecule is CC(=O)O[C@@H]1[C@H](OC(C)=O)[C@@H](OP(=O)(Oc2ccccc2)Oc2ccccc2)O[C@H](C)[C@H]1OC(C)=O. The zero-order valence-electron chi connectivity index (χ0n) is 20.1. The quantitative estimate of drug-likeness (QED) is 0.270. The summed E-state index contributed by atoms with van der Waals surface area (Å²) < 4.78 is 52.5. The zero-order valence-corrected chi connectivity index (χ0v) is 21.0. The molecule has 2 aromatic rings. The fourth-order valence-electron chi connectivity index (χ4n) is 3.46. The van der Waals surface area contributed by atoms with Gasteiger partial charge in [0.1, 0.15) is 11.5 Å². The third kappa shape index (κ3) is 7.55. The van der Waals surface area contributed by atoms with Crippen LogP contribution in [0.3, 0.4) is 0 Å². The summed E-state index contributed by atoms with van der Waals surface area (Å²) in [6.45, 7) is 4.93. The van der Waals surface area contributed by atoms with Gasteiger partial charge >= 0.3 is 25.7 Å². The second kappa shape index (κ2) is 12.0. The average molecular weight is 522 g/mol. The van der Waals surface area contributed by atoms with Crippen LogP contribution in [0.4, 0.5) is 0 Å². The van der Waals surface area contributed by atoms with Crippen molar-refractivity contribution in [3.05, 3.63) is 60.7 Å². The normalized spacial score (nSPS) is 23.7. The standard InChI is InChI=1S/C24H27O11P/c1-15-21(30-16(2)25)22(31-17(3)26)23(32-18(4)27)24(29-15)35-36(28,33-19-11-7-5-8-12-19)34-20-13-9-6-10-14-20/h5-15,21-24H,1-4H3/t15-,21-,22+,23+,24-/m1/s1. The van der Waals surface area contributed by atoms with Crippen LogP contribution in [0.2, 0.25) is 0 Å². The van der Waals surface area contributed by atoms with Gasteiger partial charge in [-0.3, -0.25) is 14.4 Å². The molecule has 0 N–H and O–H groups in total. The van der Waals surface area contributed by atoms with E-state index < -0.39 is 56.4 Å². The van der Waals surface area contributed by atoms with Crippen LogP contribution in [0.5, 0.6) is 11.5 Å². The largest absolute Gasteiger partial charge is 0.590 e. The van der Waals surface area contributed by atoms with Crippen molar-refractivity contribution in [3.63, 3.8) is 0 Å². The van der Waals surface area contributed by atoms with Crippen molar-refractivity contribution in [1.82, 2.24) is 0 Å². The van der Waals surface area contributed by atoms with Crippen molar-refractivity contribution in [3.8, 4) is 11.5 Å². The smallest absolute Gasteiger partial charge is 0.456 e. The summed E-state index contributed by atoms with van der Waals surface area (Å²) in [5, 5.41) is 0. The van der Waals surface area contributed by atoms with Gasteiger partial charge in [-0.1, -0.05) is 36.4 Å². The molecule has 0 aromatic heterocycles. The van der Waals surface area contributed by atoms with Crippen LogP contribution < -0.4 is 9.05 Å². The summed E-state index contributed by atoms with van der Waals surface area (Å²) in [7, 11) is -4.51. The van der Waals surface area contributed by atoms with Gasteiger partial charge in [0.2, 0.25) is 6.29 Å². The monoisotopic (exact) mass is 522 g/mol. The predicted octanol–water partition coefficient (Wildman–Crippen LogP) is 3.81. The maximum atomic E-state index is 13.9. The molecule has 2 aromatic carbocycles. The molecule has 0 amide bonds. The number of esters is 3. The van der Waals surface area contributed by atoms with E-state index >= 15 is 0 Å². The maximum absolute atomic E-state index is 13.9. The minimum Gasteiger partial charge on any atom is -0.456 e. The molecule has 0 radical (unpaired) electrons. The summed E-state index contributed by atoms with van der Waals surface area (Å²) in [4.78, 5) is 35.5. The summed E-state index contributed by atoms with van der Waals surface area (Å²) in [6.07, 6.45) is -6.51. The van der Waals surface area contributed by atoms with Crippen molar-refractivity contribution in [2.75, 3.05) is 0 Å². The molecule has 36 heavy (non-hydrogen) atoms. The van der Waals surface area contributed by atoms with E-state index in [0.717, 1.165) is 20.8 Å². The fourth-order valence-corrected chi connectivity index (χ4v) is 4.77. The van der Waals surface area contributed by atoms with Crippen molar-refractivity contribution < 1.29 is 51.5 Å². The molecule has 0 spiro atoms. The van der Waals surface area contributed by atoms with Crippen molar-refractivity contribution in [1.29, 1.82) is 0 Å². The number of phosphoric ester groups is 1. The van der Waals surface area contributed by atoms with Gasteiger partial charge in [0, 0.05) is 20.8 Å². The Kier molecular flexibility index (Phi) is 9.08. The average Bonchev–Trinajstić information content (AvgIpc) is 2.79. The molecule has 194 valence electrons. The molecule has 0 saturated carbocycles. The minimum absolute atomic E-state index is 0.166. The fraction of sp³-hybridized carbons (Fsp3) is 0.375. The second-order valence-corrected chi connectivity index (χ2v) is 9.26. The molecular weight excluding hydrogens is 495 g/mol. The van der Waals surface area contributed by atoms with Gasteiger partial charge in [0.15, 0.2) is 18.3 Å². The Balaban J connectivity index is 1.98. The van der Waals surface area contributed by atoms with Crippen LogP contribution in [0.1, 0.15) is 27.7 Å². The molecule has 0 unspecified atom stereocenters. The number of ether oxygens (including phenoxy) is 4. The van der Waals surface area contributed by atoms with E-state index in [1.807, 2.05) is 0 Å². The number of benzene rings is 2. The Hall–Kier alpha value is -3.40. The van der Waals surface area contributed by atoms with Gasteiger partial charge in [0.25, 0.3) is 0 Å². The lowest BCUT2D eigenvalue weighted by Gasteiger charge is -2.43. The van der Waals surface area contributed by atoms with E-state index in [9.17, 15) is 18.9 Å². The third-order valence-electron chi connectivity index (χ3n) is 4.79. The number of phosphoric acid groups is 1. The van der Waals surface area contributed by atoms with E-state index in [0.29, 0.717) is 0 Å². The molecule has 0 aliphatic carbocycles. The van der Waals surface area contributed by atoms with Crippen LogP contribution >= 0.6 is 7.82 Å². The molecular formula is C24H27O11P. The lowest BCUT2D eigenvalue weighted by Crippen LogP contribution is -2.61. The van der Waals surface area contributed by atoms with Gasteiger partial charge in [-0.15, -0.1) is 0 Å². The number of carbonyl (C=O) groups excluding carboxylic acids is 3. The molecule has 3 rings (SSSR count). The Bertz CT molecular complexity index is 1050. The van der Waals surface area contributed by atoms with Gasteiger partial charge < -0.3 is 28.0 Å². The van der Waals surface area contributed by atoms with Crippen molar-refractivity contribution in [2.24, 2.45) is 0 Å². The molecule has 1 saturated heterocycles. The number of hydrogen-bond donors (Lipinski definition) is 0. The summed E-state index contributed by atoms with van der Waals surface area (Å²) in [6, 6.07) is 16.2. The molecule has 11 nitrogen and oxygen atoms in total. The van der Waals surface area contributed by atoms with E-state index in [1.54, 1.807) is 36.4 Å². The van der Waals surface area contributed by atoms with Gasteiger partial charge in [-0.05, 0) is 31.2 Å². The summed E-state index contributed by atoms with van der Waals surface area (Å²) >= 11 is 0. The second-order valence-electron chi connectivity index (χ2n) is 7.79. The van der Waals surface area contributed by atoms with Crippen LogP contribution in [0, 0.1) is 0 Å². The number of hydrogen-bond acceptors (Lipinski definition) is 11. The molecule has 1 fully saturated rings. The van der Waals surface area contributed by atoms with E-state index in [-0.39, 0.29) is 11.5 Å². The van der Waals surface area contributed by atoms with Gasteiger partial charge in [-0.2, -0.15) is 0 Å². The highest BCUT2D eigenvalue weighted by Crippen LogP contribution is 2.52. The highest BCUT2D eigenvalue weighted by molar-refractivity contribution is 7.49. The Labute approximate surface area is 208 Å². The first-order chi connectivity index (χ1) is 17.1. The third-order valence-corrected chi connectivity index (χ3v) is 6.12. The lowest BCUT2D eigenvalue weighted by atomic mass is 9.99. The first-order valence-electron chi connectivity index (χ1n) is 11.0. The van der Waals surface area contributed by atoms with Crippen molar-refractivity contribution >= 4 is 25.7 Å². The first-order valence-corrected chi connectivity index (χ1v) is 12.5. The van der Waals surface area contributed by atoms with E-state index in [4.69, 9.17) is 32.5 Å². The molecule has 12 heteroatoms. The zero-order chi connectivity index (χ0) is 26.3. The van der Waals surface area contributed by atoms with Crippen LogP contribution in [0.25, 0.3) is 0 Å². The molecule has 5 atom stereocenters. The van der Waals surface area contributed by atoms with Crippen LogP contribution in [-0.4, -0.2) is 48.6 Å². The Morgan fingerprint density at radius 2 is 1.11 bits per heavy atom. The number of rotatable bonds is 9. The maximum Gasteiger partial charge on any atom is 0.590 e. The highest BCUT2D eigenvalue weighted by atomic mass is 31.2. The lowest BCUT2D eigenvalue weighted by molar-refractivity contribution is -0.282. The highest BCUT2D eigenvalue weighted by Gasteiger charge is 2.54. The Morgan fingerprint density at radius 1 is 0.694 bits per heavy atom.